The summed E-state index contributed by atoms with van der Waals surface area (Å²) in [5, 5.41) is 3.46. The molecule has 3 unspecified atom stereocenters. The Morgan fingerprint density at radius 1 is 1.26 bits per heavy atom. The van der Waals surface area contributed by atoms with Crippen molar-refractivity contribution in [1.29, 1.82) is 0 Å². The van der Waals surface area contributed by atoms with E-state index in [1.54, 1.807) is 0 Å². The van der Waals surface area contributed by atoms with E-state index in [1.807, 2.05) is 4.90 Å². The first-order chi connectivity index (χ1) is 9.26. The maximum absolute atomic E-state index is 12.4. The molecular formula is C14H26N2O3. The van der Waals surface area contributed by atoms with Crippen molar-refractivity contribution in [3.05, 3.63) is 0 Å². The Kier molecular flexibility index (Phi) is 5.60. The molecule has 3 atom stereocenters. The normalized spacial score (nSPS) is 32.0. The van der Waals surface area contributed by atoms with Gasteiger partial charge >= 0.3 is 0 Å². The highest BCUT2D eigenvalue weighted by Gasteiger charge is 2.38. The van der Waals surface area contributed by atoms with Crippen molar-refractivity contribution in [2.45, 2.75) is 57.8 Å². The molecule has 5 nitrogen and oxygen atoms in total. The first kappa shape index (κ1) is 14.8. The van der Waals surface area contributed by atoms with E-state index in [0.717, 1.165) is 25.7 Å². The van der Waals surface area contributed by atoms with E-state index < -0.39 is 0 Å². The Balaban J connectivity index is 1.95. The molecule has 0 radical (unpaired) electrons. The Hall–Kier alpha value is -0.650. The van der Waals surface area contributed by atoms with Crippen LogP contribution in [-0.4, -0.2) is 55.5 Å². The lowest BCUT2D eigenvalue weighted by molar-refractivity contribution is -0.137. The number of carbonyl (C=O) groups is 1. The van der Waals surface area contributed by atoms with Crippen LogP contribution in [0.1, 0.15) is 39.5 Å². The highest BCUT2D eigenvalue weighted by molar-refractivity contribution is 5.84. The summed E-state index contributed by atoms with van der Waals surface area (Å²) in [6, 6.07) is -0.00828. The average Bonchev–Trinajstić information content (AvgIpc) is 2.70. The molecule has 0 aromatic heterocycles. The van der Waals surface area contributed by atoms with Crippen LogP contribution in [0.3, 0.4) is 0 Å². The maximum atomic E-state index is 12.4. The van der Waals surface area contributed by atoms with Crippen LogP contribution in [0.15, 0.2) is 0 Å². The van der Waals surface area contributed by atoms with Crippen LogP contribution in [0.25, 0.3) is 0 Å². The van der Waals surface area contributed by atoms with Crippen LogP contribution in [0, 0.1) is 0 Å². The monoisotopic (exact) mass is 270 g/mol. The lowest BCUT2D eigenvalue weighted by atomic mass is 10.1. The average molecular weight is 270 g/mol. The van der Waals surface area contributed by atoms with Gasteiger partial charge in [-0.2, -0.15) is 0 Å². The number of nitrogens with zero attached hydrogens (tertiary/aromatic N) is 1. The van der Waals surface area contributed by atoms with Crippen LogP contribution in [0.2, 0.25) is 0 Å². The van der Waals surface area contributed by atoms with Crippen molar-refractivity contribution in [2.75, 3.05) is 26.4 Å². The number of carbonyl (C=O) groups excluding carboxylic acids is 1. The van der Waals surface area contributed by atoms with E-state index in [2.05, 4.69) is 19.2 Å². The molecule has 1 N–H and O–H groups in total. The molecule has 19 heavy (non-hydrogen) atoms. The number of rotatable bonds is 6. The number of amides is 1. The van der Waals surface area contributed by atoms with Gasteiger partial charge in [0.25, 0.3) is 0 Å². The third-order valence-corrected chi connectivity index (χ3v) is 3.78. The molecule has 2 aliphatic rings. The lowest BCUT2D eigenvalue weighted by Gasteiger charge is -2.30. The molecule has 2 saturated heterocycles. The van der Waals surface area contributed by atoms with Gasteiger partial charge < -0.3 is 14.4 Å². The topological polar surface area (TPSA) is 50.8 Å². The highest BCUT2D eigenvalue weighted by Crippen LogP contribution is 2.19. The number of hydrogen-bond donors (Lipinski definition) is 1. The Bertz CT molecular complexity index is 292. The van der Waals surface area contributed by atoms with Crippen molar-refractivity contribution in [1.82, 2.24) is 10.2 Å². The van der Waals surface area contributed by atoms with Crippen molar-refractivity contribution in [3.63, 3.8) is 0 Å². The fourth-order valence-corrected chi connectivity index (χ4v) is 2.83. The zero-order chi connectivity index (χ0) is 13.7. The Labute approximate surface area is 115 Å². The molecule has 0 aliphatic carbocycles. The van der Waals surface area contributed by atoms with Gasteiger partial charge in [-0.1, -0.05) is 26.7 Å². The van der Waals surface area contributed by atoms with E-state index in [-0.39, 0.29) is 24.2 Å². The quantitative estimate of drug-likeness (QED) is 0.786. The third-order valence-electron chi connectivity index (χ3n) is 3.78. The molecule has 0 spiro atoms. The zero-order valence-electron chi connectivity index (χ0n) is 12.1. The molecule has 1 amide bonds. The summed E-state index contributed by atoms with van der Waals surface area (Å²) < 4.78 is 11.1. The van der Waals surface area contributed by atoms with Crippen LogP contribution < -0.4 is 5.32 Å². The van der Waals surface area contributed by atoms with Gasteiger partial charge in [-0.25, -0.2) is 0 Å². The second-order valence-electron chi connectivity index (χ2n) is 5.37. The maximum Gasteiger partial charge on any atom is 0.241 e. The van der Waals surface area contributed by atoms with E-state index in [1.165, 1.54) is 0 Å². The van der Waals surface area contributed by atoms with Gasteiger partial charge in [0.05, 0.1) is 44.7 Å². The minimum absolute atomic E-state index is 0.00828. The van der Waals surface area contributed by atoms with E-state index in [9.17, 15) is 4.79 Å². The molecule has 5 heteroatoms. The zero-order valence-corrected chi connectivity index (χ0v) is 12.1. The fraction of sp³-hybridized carbons (Fsp3) is 0.929. The molecule has 2 rings (SSSR count). The minimum Gasteiger partial charge on any atom is -0.376 e. The molecule has 0 saturated carbocycles. The Morgan fingerprint density at radius 2 is 2.05 bits per heavy atom. The smallest absolute Gasteiger partial charge is 0.241 e. The van der Waals surface area contributed by atoms with E-state index >= 15 is 0 Å². The van der Waals surface area contributed by atoms with Gasteiger partial charge in [0.2, 0.25) is 5.91 Å². The third kappa shape index (κ3) is 3.68. The minimum atomic E-state index is -0.00828. The van der Waals surface area contributed by atoms with Crippen molar-refractivity contribution in [3.8, 4) is 0 Å². The second kappa shape index (κ2) is 7.22. The van der Waals surface area contributed by atoms with E-state index in [4.69, 9.17) is 9.47 Å². The summed E-state index contributed by atoms with van der Waals surface area (Å²) in [7, 11) is 0. The van der Waals surface area contributed by atoms with Gasteiger partial charge in [0.15, 0.2) is 0 Å². The lowest BCUT2D eigenvalue weighted by Crippen LogP contribution is -2.45. The predicted octanol–water partition coefficient (Wildman–Crippen LogP) is 1.13. The summed E-state index contributed by atoms with van der Waals surface area (Å²) >= 11 is 0. The molecule has 110 valence electrons. The molecule has 0 aromatic rings. The van der Waals surface area contributed by atoms with Crippen LogP contribution in [-0.2, 0) is 14.3 Å². The molecule has 0 bridgehead atoms. The van der Waals surface area contributed by atoms with Gasteiger partial charge in [-0.3, -0.25) is 10.1 Å². The van der Waals surface area contributed by atoms with Crippen LogP contribution in [0.4, 0.5) is 0 Å². The molecular weight excluding hydrogens is 244 g/mol. The number of nitrogens with one attached hydrogen (secondary N) is 1. The first-order valence-electron chi connectivity index (χ1n) is 7.52. The van der Waals surface area contributed by atoms with Crippen LogP contribution >= 0.6 is 0 Å². The van der Waals surface area contributed by atoms with Crippen molar-refractivity contribution >= 4 is 5.91 Å². The van der Waals surface area contributed by atoms with Gasteiger partial charge in [-0.05, 0) is 12.8 Å². The first-order valence-corrected chi connectivity index (χ1v) is 7.52. The molecule has 2 fully saturated rings. The molecule has 2 heterocycles. The summed E-state index contributed by atoms with van der Waals surface area (Å²) in [5.74, 6) is 0.231. The molecule has 0 aromatic carbocycles. The highest BCUT2D eigenvalue weighted by atomic mass is 16.6. The SMILES string of the molecule is CCCC1NC(CCC)N(CC2COCCO2)C1=O. The standard InChI is InChI=1S/C14H26N2O3/c1-3-5-12-14(17)16(13(15-12)6-4-2)9-11-10-18-7-8-19-11/h11-13,15H,3-10H2,1-2H3. The predicted molar refractivity (Wildman–Crippen MR) is 72.8 cm³/mol. The second-order valence-corrected chi connectivity index (χ2v) is 5.37. The van der Waals surface area contributed by atoms with Gasteiger partial charge in [0.1, 0.15) is 0 Å². The van der Waals surface area contributed by atoms with Crippen LogP contribution in [0.5, 0.6) is 0 Å². The summed E-state index contributed by atoms with van der Waals surface area (Å²) in [6.45, 7) is 6.82. The molecule has 2 aliphatic heterocycles. The summed E-state index contributed by atoms with van der Waals surface area (Å²) in [6.07, 6.45) is 4.21. The summed E-state index contributed by atoms with van der Waals surface area (Å²) in [5.41, 5.74) is 0. The fourth-order valence-electron chi connectivity index (χ4n) is 2.83. The van der Waals surface area contributed by atoms with Gasteiger partial charge in [-0.15, -0.1) is 0 Å². The summed E-state index contributed by atoms with van der Waals surface area (Å²) in [4.78, 5) is 14.4. The number of hydrogen-bond acceptors (Lipinski definition) is 4. The Morgan fingerprint density at radius 3 is 2.68 bits per heavy atom. The van der Waals surface area contributed by atoms with E-state index in [0.29, 0.717) is 26.4 Å². The largest absolute Gasteiger partial charge is 0.376 e. The van der Waals surface area contributed by atoms with Crippen molar-refractivity contribution in [2.24, 2.45) is 0 Å². The number of ether oxygens (including phenoxy) is 2. The van der Waals surface area contributed by atoms with Gasteiger partial charge in [0, 0.05) is 0 Å². The van der Waals surface area contributed by atoms with Crippen molar-refractivity contribution < 1.29 is 14.3 Å².